The Morgan fingerprint density at radius 2 is 1.96 bits per heavy atom. The fourth-order valence-corrected chi connectivity index (χ4v) is 3.66. The molecule has 4 N–H and O–H groups in total. The van der Waals surface area contributed by atoms with Crippen LogP contribution in [0.2, 0.25) is 0 Å². The number of amides is 1. The molecule has 1 amide bonds. The summed E-state index contributed by atoms with van der Waals surface area (Å²) in [6.45, 7) is 4.51. The van der Waals surface area contributed by atoms with Gasteiger partial charge in [0.05, 0.1) is 4.90 Å². The number of sulfonamides is 1. The lowest BCUT2D eigenvalue weighted by Crippen LogP contribution is -2.20. The average Bonchev–Trinajstić information content (AvgIpc) is 2.57. The summed E-state index contributed by atoms with van der Waals surface area (Å²) in [5.41, 5.74) is 4.58. The van der Waals surface area contributed by atoms with Crippen molar-refractivity contribution in [3.63, 3.8) is 0 Å². The molecular formula is C18H22ClN3O3S. The highest BCUT2D eigenvalue weighted by atomic mass is 35.5. The molecule has 0 saturated heterocycles. The molecule has 0 radical (unpaired) electrons. The van der Waals surface area contributed by atoms with Crippen molar-refractivity contribution in [1.29, 1.82) is 0 Å². The fraction of sp³-hybridized carbons (Fsp3) is 0.278. The van der Waals surface area contributed by atoms with Crippen molar-refractivity contribution in [3.05, 3.63) is 52.6 Å². The number of rotatable bonds is 3. The largest absolute Gasteiger partial charge is 0.385 e. The lowest BCUT2D eigenvalue weighted by atomic mass is 9.97. The third kappa shape index (κ3) is 4.00. The zero-order valence-corrected chi connectivity index (χ0v) is 16.3. The van der Waals surface area contributed by atoms with Crippen LogP contribution in [0, 0.1) is 13.8 Å². The Kier molecular flexibility index (Phi) is 5.95. The second-order valence-electron chi connectivity index (χ2n) is 6.27. The molecule has 3 rings (SSSR count). The van der Waals surface area contributed by atoms with E-state index in [0.29, 0.717) is 11.3 Å². The number of fused-ring (bicyclic) bond motifs is 1. The van der Waals surface area contributed by atoms with E-state index in [1.54, 1.807) is 13.0 Å². The number of primary sulfonamides is 1. The van der Waals surface area contributed by atoms with Gasteiger partial charge in [0.2, 0.25) is 10.0 Å². The van der Waals surface area contributed by atoms with E-state index in [4.69, 9.17) is 5.14 Å². The summed E-state index contributed by atoms with van der Waals surface area (Å²) in [6, 6.07) is 8.50. The summed E-state index contributed by atoms with van der Waals surface area (Å²) in [5, 5.41) is 11.4. The van der Waals surface area contributed by atoms with Crippen molar-refractivity contribution in [2.45, 2.75) is 31.6 Å². The fourth-order valence-electron chi connectivity index (χ4n) is 3.03. The van der Waals surface area contributed by atoms with Gasteiger partial charge in [-0.25, -0.2) is 13.6 Å². The van der Waals surface area contributed by atoms with Gasteiger partial charge in [0.15, 0.2) is 0 Å². The maximum Gasteiger partial charge on any atom is 0.256 e. The molecule has 1 aliphatic rings. The molecule has 140 valence electrons. The van der Waals surface area contributed by atoms with Crippen molar-refractivity contribution >= 4 is 39.7 Å². The van der Waals surface area contributed by atoms with E-state index in [1.807, 2.05) is 19.1 Å². The number of halogens is 1. The number of nitrogens with one attached hydrogen (secondary N) is 2. The molecule has 26 heavy (non-hydrogen) atoms. The van der Waals surface area contributed by atoms with Crippen LogP contribution in [0.15, 0.2) is 35.2 Å². The van der Waals surface area contributed by atoms with Crippen molar-refractivity contribution in [2.24, 2.45) is 5.14 Å². The van der Waals surface area contributed by atoms with Crippen LogP contribution < -0.4 is 15.8 Å². The summed E-state index contributed by atoms with van der Waals surface area (Å²) >= 11 is 0. The summed E-state index contributed by atoms with van der Waals surface area (Å²) in [5.74, 6) is -0.255. The van der Waals surface area contributed by atoms with Crippen LogP contribution >= 0.6 is 12.4 Å². The van der Waals surface area contributed by atoms with Crippen LogP contribution in [0.3, 0.4) is 0 Å². The van der Waals surface area contributed by atoms with Gasteiger partial charge in [-0.3, -0.25) is 4.79 Å². The van der Waals surface area contributed by atoms with E-state index in [0.717, 1.165) is 41.8 Å². The van der Waals surface area contributed by atoms with Gasteiger partial charge in [-0.05, 0) is 67.6 Å². The smallest absolute Gasteiger partial charge is 0.256 e. The zero-order chi connectivity index (χ0) is 18.2. The Morgan fingerprint density at radius 3 is 2.65 bits per heavy atom. The summed E-state index contributed by atoms with van der Waals surface area (Å²) in [4.78, 5) is 12.8. The van der Waals surface area contributed by atoms with Crippen LogP contribution in [-0.2, 0) is 16.4 Å². The minimum absolute atomic E-state index is 0. The molecule has 8 heteroatoms. The van der Waals surface area contributed by atoms with Crippen LogP contribution in [0.1, 0.15) is 33.5 Å². The average molecular weight is 396 g/mol. The number of hydrogen-bond donors (Lipinski definition) is 3. The number of aryl methyl sites for hydroxylation is 1. The Morgan fingerprint density at radius 1 is 1.23 bits per heavy atom. The summed E-state index contributed by atoms with van der Waals surface area (Å²) < 4.78 is 23.3. The normalized spacial score (nSPS) is 13.2. The summed E-state index contributed by atoms with van der Waals surface area (Å²) in [7, 11) is -3.84. The van der Waals surface area contributed by atoms with Gasteiger partial charge in [-0.2, -0.15) is 0 Å². The first-order chi connectivity index (χ1) is 11.8. The highest BCUT2D eigenvalue weighted by molar-refractivity contribution is 7.89. The summed E-state index contributed by atoms with van der Waals surface area (Å²) in [6.07, 6.45) is 1.80. The minimum Gasteiger partial charge on any atom is -0.385 e. The highest BCUT2D eigenvalue weighted by Crippen LogP contribution is 2.28. The van der Waals surface area contributed by atoms with E-state index in [1.165, 1.54) is 12.1 Å². The Bertz CT molecular complexity index is 958. The molecule has 0 spiro atoms. The molecule has 0 aromatic heterocycles. The van der Waals surface area contributed by atoms with Gasteiger partial charge in [-0.1, -0.05) is 6.07 Å². The van der Waals surface area contributed by atoms with Crippen LogP contribution in [0.4, 0.5) is 11.4 Å². The van der Waals surface area contributed by atoms with E-state index in [9.17, 15) is 13.2 Å². The molecule has 2 aromatic carbocycles. The molecule has 0 saturated carbocycles. The van der Waals surface area contributed by atoms with E-state index >= 15 is 0 Å². The first kappa shape index (κ1) is 20.2. The number of anilines is 2. The minimum atomic E-state index is -3.84. The molecule has 2 aromatic rings. The van der Waals surface area contributed by atoms with Crippen molar-refractivity contribution in [1.82, 2.24) is 0 Å². The van der Waals surface area contributed by atoms with Gasteiger partial charge >= 0.3 is 0 Å². The molecule has 0 fully saturated rings. The number of benzene rings is 2. The molecule has 6 nitrogen and oxygen atoms in total. The molecule has 1 heterocycles. The van der Waals surface area contributed by atoms with Crippen molar-refractivity contribution in [2.75, 3.05) is 17.2 Å². The first-order valence-corrected chi connectivity index (χ1v) is 9.63. The maximum absolute atomic E-state index is 12.8. The lowest BCUT2D eigenvalue weighted by molar-refractivity contribution is 0.102. The number of carbonyl (C=O) groups excluding carboxylic acids is 1. The van der Waals surface area contributed by atoms with Gasteiger partial charge in [0, 0.05) is 23.5 Å². The lowest BCUT2D eigenvalue weighted by Gasteiger charge is -2.21. The zero-order valence-electron chi connectivity index (χ0n) is 14.6. The Hall–Kier alpha value is -2.09. The van der Waals surface area contributed by atoms with Crippen LogP contribution in [-0.4, -0.2) is 20.9 Å². The second kappa shape index (κ2) is 7.65. The SMILES string of the molecule is Cc1cc(S(N)(=O)=O)cc(NC(=O)c2cccc3c2CCCN3)c1C.Cl. The van der Waals surface area contributed by atoms with Crippen molar-refractivity contribution in [3.8, 4) is 0 Å². The molecule has 1 aliphatic heterocycles. The van der Waals surface area contributed by atoms with Gasteiger partial charge < -0.3 is 10.6 Å². The predicted octanol–water partition coefficient (Wildman–Crippen LogP) is 2.98. The third-order valence-electron chi connectivity index (χ3n) is 4.56. The topological polar surface area (TPSA) is 101 Å². The first-order valence-electron chi connectivity index (χ1n) is 8.08. The van der Waals surface area contributed by atoms with Gasteiger partial charge in [0.1, 0.15) is 0 Å². The molecule has 0 atom stereocenters. The Labute approximate surface area is 159 Å². The van der Waals surface area contributed by atoms with Crippen molar-refractivity contribution < 1.29 is 13.2 Å². The van der Waals surface area contributed by atoms with Crippen LogP contribution in [0.5, 0.6) is 0 Å². The number of carbonyl (C=O) groups is 1. The molecule has 0 bridgehead atoms. The third-order valence-corrected chi connectivity index (χ3v) is 5.45. The van der Waals surface area contributed by atoms with Gasteiger partial charge in [-0.15, -0.1) is 12.4 Å². The second-order valence-corrected chi connectivity index (χ2v) is 7.84. The van der Waals surface area contributed by atoms with E-state index in [2.05, 4.69) is 10.6 Å². The highest BCUT2D eigenvalue weighted by Gasteiger charge is 2.19. The molecule has 0 unspecified atom stereocenters. The molecule has 0 aliphatic carbocycles. The van der Waals surface area contributed by atoms with E-state index in [-0.39, 0.29) is 23.2 Å². The quantitative estimate of drug-likeness (QED) is 0.743. The van der Waals surface area contributed by atoms with Crippen LogP contribution in [0.25, 0.3) is 0 Å². The Balaban J connectivity index is 0.00000243. The number of hydrogen-bond acceptors (Lipinski definition) is 4. The van der Waals surface area contributed by atoms with Gasteiger partial charge in [0.25, 0.3) is 5.91 Å². The van der Waals surface area contributed by atoms with E-state index < -0.39 is 10.0 Å². The monoisotopic (exact) mass is 395 g/mol. The molecular weight excluding hydrogens is 374 g/mol. The maximum atomic E-state index is 12.8. The standard InChI is InChI=1S/C18H21N3O3S.ClH/c1-11-9-13(25(19,23)24)10-17(12(11)2)21-18(22)15-5-3-7-16-14(15)6-4-8-20-16;/h3,5,7,9-10,20H,4,6,8H2,1-2H3,(H,21,22)(H2,19,23,24);1H. The predicted molar refractivity (Wildman–Crippen MR) is 106 cm³/mol. The number of nitrogens with two attached hydrogens (primary N) is 1.